The Balaban J connectivity index is 1.78. The molecule has 1 fully saturated rings. The summed E-state index contributed by atoms with van der Waals surface area (Å²) in [6.07, 6.45) is 5.04. The van der Waals surface area contributed by atoms with E-state index in [-0.39, 0.29) is 0 Å². The quantitative estimate of drug-likeness (QED) is 0.786. The van der Waals surface area contributed by atoms with Gasteiger partial charge in [-0.15, -0.1) is 5.10 Å². The number of nitrogens with zero attached hydrogens (tertiary/aromatic N) is 3. The highest BCUT2D eigenvalue weighted by Crippen LogP contribution is 2.56. The maximum atomic E-state index is 4.37. The van der Waals surface area contributed by atoms with Gasteiger partial charge in [-0.25, -0.2) is 4.68 Å². The van der Waals surface area contributed by atoms with Gasteiger partial charge in [-0.2, -0.15) is 0 Å². The Bertz CT molecular complexity index is 408. The zero-order valence-corrected chi connectivity index (χ0v) is 11.2. The Labute approximate surface area is 104 Å². The van der Waals surface area contributed by atoms with Gasteiger partial charge in [0.15, 0.2) is 0 Å². The standard InChI is InChI=1S/C14H23N3/c1-4-17-13-8-6-11-10(14(11)9(2)3)5-7-12(13)15-16-17/h9-11,14H,4-8H2,1-3H3/t10?,11?,14-/m0/s1. The molecule has 0 N–H and O–H groups in total. The molecule has 3 nitrogen and oxygen atoms in total. The summed E-state index contributed by atoms with van der Waals surface area (Å²) in [5.74, 6) is 3.82. The Morgan fingerprint density at radius 2 is 1.94 bits per heavy atom. The first-order valence-electron chi connectivity index (χ1n) is 7.13. The summed E-state index contributed by atoms with van der Waals surface area (Å²) >= 11 is 0. The van der Waals surface area contributed by atoms with E-state index < -0.39 is 0 Å². The van der Waals surface area contributed by atoms with Gasteiger partial charge in [0.1, 0.15) is 0 Å². The van der Waals surface area contributed by atoms with Gasteiger partial charge in [-0.1, -0.05) is 19.1 Å². The molecule has 0 aromatic carbocycles. The van der Waals surface area contributed by atoms with Crippen molar-refractivity contribution < 1.29 is 0 Å². The number of hydrogen-bond donors (Lipinski definition) is 0. The van der Waals surface area contributed by atoms with Crippen LogP contribution in [-0.2, 0) is 19.4 Å². The highest BCUT2D eigenvalue weighted by atomic mass is 15.4. The van der Waals surface area contributed by atoms with Gasteiger partial charge in [0.2, 0.25) is 0 Å². The van der Waals surface area contributed by atoms with Gasteiger partial charge in [0, 0.05) is 6.54 Å². The lowest BCUT2D eigenvalue weighted by atomic mass is 10.0. The fourth-order valence-electron chi connectivity index (χ4n) is 3.97. The van der Waals surface area contributed by atoms with Crippen molar-refractivity contribution in [1.29, 1.82) is 0 Å². The van der Waals surface area contributed by atoms with Crippen LogP contribution in [0.4, 0.5) is 0 Å². The molecule has 1 aromatic rings. The van der Waals surface area contributed by atoms with Gasteiger partial charge >= 0.3 is 0 Å². The van der Waals surface area contributed by atoms with Crippen molar-refractivity contribution in [3.63, 3.8) is 0 Å². The smallest absolute Gasteiger partial charge is 0.0859 e. The van der Waals surface area contributed by atoms with Gasteiger partial charge in [0.05, 0.1) is 11.4 Å². The summed E-state index contributed by atoms with van der Waals surface area (Å²) in [5.41, 5.74) is 2.69. The lowest BCUT2D eigenvalue weighted by Gasteiger charge is -2.09. The first-order chi connectivity index (χ1) is 8.22. The Morgan fingerprint density at radius 1 is 1.24 bits per heavy atom. The molecule has 1 aromatic heterocycles. The number of aryl methyl sites for hydroxylation is 2. The SMILES string of the molecule is CCn1nnc2c1CCC1C(CC2)[C@@H]1C(C)C. The molecule has 17 heavy (non-hydrogen) atoms. The number of aromatic nitrogens is 3. The Hall–Kier alpha value is -0.860. The molecule has 1 heterocycles. The summed E-state index contributed by atoms with van der Waals surface area (Å²) in [7, 11) is 0. The van der Waals surface area contributed by atoms with Crippen LogP contribution < -0.4 is 0 Å². The van der Waals surface area contributed by atoms with Crippen molar-refractivity contribution in [2.24, 2.45) is 23.7 Å². The number of fused-ring (bicyclic) bond motifs is 2. The molecule has 0 spiro atoms. The van der Waals surface area contributed by atoms with Gasteiger partial charge in [0.25, 0.3) is 0 Å². The zero-order valence-electron chi connectivity index (χ0n) is 11.2. The van der Waals surface area contributed by atoms with E-state index in [4.69, 9.17) is 0 Å². The van der Waals surface area contributed by atoms with E-state index in [2.05, 4.69) is 35.8 Å². The molecule has 0 bridgehead atoms. The lowest BCUT2D eigenvalue weighted by Crippen LogP contribution is -2.07. The maximum absolute atomic E-state index is 4.37. The van der Waals surface area contributed by atoms with Crippen LogP contribution in [0.15, 0.2) is 0 Å². The molecule has 0 aliphatic heterocycles. The summed E-state index contributed by atoms with van der Waals surface area (Å²) in [4.78, 5) is 0. The van der Waals surface area contributed by atoms with E-state index in [9.17, 15) is 0 Å². The fraction of sp³-hybridized carbons (Fsp3) is 0.857. The van der Waals surface area contributed by atoms with Crippen LogP contribution in [-0.4, -0.2) is 15.0 Å². The van der Waals surface area contributed by atoms with Crippen LogP contribution >= 0.6 is 0 Å². The Morgan fingerprint density at radius 3 is 2.59 bits per heavy atom. The van der Waals surface area contributed by atoms with Gasteiger partial charge in [-0.3, -0.25) is 0 Å². The molecule has 3 atom stereocenters. The first-order valence-corrected chi connectivity index (χ1v) is 7.13. The molecule has 94 valence electrons. The van der Waals surface area contributed by atoms with Crippen molar-refractivity contribution in [2.75, 3.05) is 0 Å². The third-order valence-electron chi connectivity index (χ3n) is 4.81. The largest absolute Gasteiger partial charge is 0.249 e. The van der Waals surface area contributed by atoms with Crippen molar-refractivity contribution in [3.8, 4) is 0 Å². The minimum absolute atomic E-state index is 0.863. The predicted molar refractivity (Wildman–Crippen MR) is 67.6 cm³/mol. The summed E-state index contributed by atoms with van der Waals surface area (Å²) in [6.45, 7) is 7.89. The lowest BCUT2D eigenvalue weighted by molar-refractivity contribution is 0.488. The molecular weight excluding hydrogens is 210 g/mol. The molecule has 1 saturated carbocycles. The van der Waals surface area contributed by atoms with Crippen LogP contribution in [0.2, 0.25) is 0 Å². The second-order valence-corrected chi connectivity index (χ2v) is 6.03. The second kappa shape index (κ2) is 4.11. The van der Waals surface area contributed by atoms with E-state index >= 15 is 0 Å². The number of rotatable bonds is 2. The van der Waals surface area contributed by atoms with E-state index in [0.29, 0.717) is 0 Å². The topological polar surface area (TPSA) is 30.7 Å². The first kappa shape index (κ1) is 11.2. The molecule has 2 aliphatic rings. The highest BCUT2D eigenvalue weighted by Gasteiger charge is 2.50. The van der Waals surface area contributed by atoms with Crippen LogP contribution in [0.3, 0.4) is 0 Å². The molecular formula is C14H23N3. The summed E-state index contributed by atoms with van der Waals surface area (Å²) in [6, 6.07) is 0. The average molecular weight is 233 g/mol. The van der Waals surface area contributed by atoms with E-state index in [1.807, 2.05) is 0 Å². The molecule has 2 unspecified atom stereocenters. The van der Waals surface area contributed by atoms with Crippen molar-refractivity contribution >= 4 is 0 Å². The zero-order chi connectivity index (χ0) is 12.0. The minimum Gasteiger partial charge on any atom is -0.249 e. The van der Waals surface area contributed by atoms with Crippen molar-refractivity contribution in [1.82, 2.24) is 15.0 Å². The molecule has 3 heteroatoms. The van der Waals surface area contributed by atoms with Crippen molar-refractivity contribution in [2.45, 2.75) is 53.0 Å². The summed E-state index contributed by atoms with van der Waals surface area (Å²) in [5, 5.41) is 8.63. The molecule has 0 amide bonds. The third-order valence-corrected chi connectivity index (χ3v) is 4.81. The van der Waals surface area contributed by atoms with E-state index in [1.54, 1.807) is 0 Å². The monoisotopic (exact) mass is 233 g/mol. The van der Waals surface area contributed by atoms with Crippen LogP contribution in [0.5, 0.6) is 0 Å². The fourth-order valence-corrected chi connectivity index (χ4v) is 3.97. The molecule has 0 saturated heterocycles. The van der Waals surface area contributed by atoms with Crippen molar-refractivity contribution in [3.05, 3.63) is 11.4 Å². The molecule has 2 aliphatic carbocycles. The van der Waals surface area contributed by atoms with Crippen LogP contribution in [0.25, 0.3) is 0 Å². The van der Waals surface area contributed by atoms with Gasteiger partial charge in [-0.05, 0) is 56.3 Å². The number of hydrogen-bond acceptors (Lipinski definition) is 2. The maximum Gasteiger partial charge on any atom is 0.0859 e. The molecule has 0 radical (unpaired) electrons. The summed E-state index contributed by atoms with van der Waals surface area (Å²) < 4.78 is 2.10. The molecule has 3 rings (SSSR count). The van der Waals surface area contributed by atoms with Crippen LogP contribution in [0.1, 0.15) is 45.0 Å². The highest BCUT2D eigenvalue weighted by molar-refractivity contribution is 5.15. The minimum atomic E-state index is 0.863. The Kier molecular flexibility index (Phi) is 2.72. The predicted octanol–water partition coefficient (Wildman–Crippen LogP) is 2.70. The van der Waals surface area contributed by atoms with Gasteiger partial charge < -0.3 is 0 Å². The average Bonchev–Trinajstić information content (AvgIpc) is 2.83. The van der Waals surface area contributed by atoms with Crippen LogP contribution in [0, 0.1) is 23.7 Å². The van der Waals surface area contributed by atoms with E-state index in [0.717, 1.165) is 36.6 Å². The third kappa shape index (κ3) is 1.80. The van der Waals surface area contributed by atoms with E-state index in [1.165, 1.54) is 30.7 Å². The normalized spacial score (nSPS) is 31.6. The second-order valence-electron chi connectivity index (χ2n) is 6.03.